The Balaban J connectivity index is 2.17. The van der Waals surface area contributed by atoms with Crippen LogP contribution in [0.3, 0.4) is 0 Å². The Morgan fingerprint density at radius 2 is 1.14 bits per heavy atom. The molecule has 4 aromatic rings. The molecule has 0 amide bonds. The van der Waals surface area contributed by atoms with Gasteiger partial charge in [-0.05, 0) is 6.07 Å². The average Bonchev–Trinajstić information content (AvgIpc) is 2.79. The molecule has 1 heterocycles. The molecule has 28 heavy (non-hydrogen) atoms. The van der Waals surface area contributed by atoms with Gasteiger partial charge in [0.1, 0.15) is 11.6 Å². The SMILES string of the molecule is N#Cc1ccnnc1N=P(c1ccccc1)(c1ccccc1)c1ccccc1. The lowest BCUT2D eigenvalue weighted by atomic mass is 10.3. The molecule has 0 saturated heterocycles. The van der Waals surface area contributed by atoms with Crippen LogP contribution >= 0.6 is 7.05 Å². The van der Waals surface area contributed by atoms with Crippen molar-refractivity contribution in [3.05, 3.63) is 109 Å². The molecule has 0 saturated carbocycles. The van der Waals surface area contributed by atoms with Gasteiger partial charge in [0.05, 0.1) is 13.3 Å². The molecule has 5 heteroatoms. The van der Waals surface area contributed by atoms with E-state index in [0.29, 0.717) is 11.4 Å². The normalized spacial score (nSPS) is 10.8. The van der Waals surface area contributed by atoms with Crippen molar-refractivity contribution < 1.29 is 0 Å². The molecule has 0 atom stereocenters. The molecule has 0 N–H and O–H groups in total. The van der Waals surface area contributed by atoms with Gasteiger partial charge in [-0.2, -0.15) is 10.4 Å². The first kappa shape index (κ1) is 17.9. The minimum atomic E-state index is -2.44. The van der Waals surface area contributed by atoms with E-state index in [1.165, 1.54) is 6.20 Å². The van der Waals surface area contributed by atoms with Crippen LogP contribution in [-0.2, 0) is 0 Å². The number of hydrogen-bond donors (Lipinski definition) is 0. The van der Waals surface area contributed by atoms with Crippen molar-refractivity contribution in [3.63, 3.8) is 0 Å². The molecule has 3 aromatic carbocycles. The van der Waals surface area contributed by atoms with Crippen LogP contribution in [0.4, 0.5) is 5.82 Å². The number of nitrogens with zero attached hydrogens (tertiary/aromatic N) is 4. The molecule has 0 bridgehead atoms. The van der Waals surface area contributed by atoms with Crippen LogP contribution in [0.2, 0.25) is 0 Å². The zero-order valence-electron chi connectivity index (χ0n) is 15.1. The molecular weight excluding hydrogens is 363 g/mol. The van der Waals surface area contributed by atoms with Crippen molar-refractivity contribution in [1.82, 2.24) is 10.2 Å². The van der Waals surface area contributed by atoms with Crippen molar-refractivity contribution in [2.75, 3.05) is 0 Å². The molecule has 1 aromatic heterocycles. The van der Waals surface area contributed by atoms with Crippen LogP contribution in [0.5, 0.6) is 0 Å². The summed E-state index contributed by atoms with van der Waals surface area (Å²) in [5, 5.41) is 21.0. The van der Waals surface area contributed by atoms with Crippen LogP contribution in [0.15, 0.2) is 108 Å². The average molecular weight is 380 g/mol. The van der Waals surface area contributed by atoms with Gasteiger partial charge in [-0.3, -0.25) is 0 Å². The highest BCUT2D eigenvalue weighted by molar-refractivity contribution is 7.87. The second-order valence-electron chi connectivity index (χ2n) is 6.12. The summed E-state index contributed by atoms with van der Waals surface area (Å²) in [7, 11) is -2.44. The largest absolute Gasteiger partial charge is 0.232 e. The fraction of sp³-hybridized carbons (Fsp3) is 0. The molecule has 0 aliphatic heterocycles. The van der Waals surface area contributed by atoms with Gasteiger partial charge < -0.3 is 0 Å². The van der Waals surface area contributed by atoms with Gasteiger partial charge in [0, 0.05) is 15.9 Å². The van der Waals surface area contributed by atoms with Gasteiger partial charge in [0.15, 0.2) is 5.82 Å². The lowest BCUT2D eigenvalue weighted by molar-refractivity contribution is 1.02. The second-order valence-corrected chi connectivity index (χ2v) is 9.14. The monoisotopic (exact) mass is 380 g/mol. The Morgan fingerprint density at radius 3 is 1.57 bits per heavy atom. The predicted molar refractivity (Wildman–Crippen MR) is 114 cm³/mol. The molecule has 4 rings (SSSR count). The molecular formula is C23H17N4P. The lowest BCUT2D eigenvalue weighted by Gasteiger charge is -2.26. The summed E-state index contributed by atoms with van der Waals surface area (Å²) in [5.74, 6) is 0.370. The van der Waals surface area contributed by atoms with Crippen LogP contribution < -0.4 is 15.9 Å². The Morgan fingerprint density at radius 1 is 0.679 bits per heavy atom. The molecule has 0 unspecified atom stereocenters. The molecule has 0 aliphatic carbocycles. The van der Waals surface area contributed by atoms with Gasteiger partial charge in [-0.25, -0.2) is 4.74 Å². The maximum atomic E-state index is 9.56. The van der Waals surface area contributed by atoms with E-state index in [4.69, 9.17) is 4.74 Å². The van der Waals surface area contributed by atoms with Crippen molar-refractivity contribution in [2.24, 2.45) is 4.74 Å². The van der Waals surface area contributed by atoms with Crippen LogP contribution in [0.1, 0.15) is 5.56 Å². The number of benzene rings is 3. The topological polar surface area (TPSA) is 61.9 Å². The maximum absolute atomic E-state index is 9.56. The third-order valence-electron chi connectivity index (χ3n) is 4.46. The number of aromatic nitrogens is 2. The standard InChI is InChI=1S/C23H17N4P/c24-18-19-16-17-25-26-23(19)27-28(20-10-4-1-5-11-20,21-12-6-2-7-13-21)22-14-8-3-9-15-22/h1-17H. The number of hydrogen-bond acceptors (Lipinski definition) is 4. The number of nitriles is 1. The maximum Gasteiger partial charge on any atom is 0.192 e. The summed E-state index contributed by atoms with van der Waals surface area (Å²) in [6, 6.07) is 34.5. The zero-order chi connectivity index (χ0) is 19.2. The summed E-state index contributed by atoms with van der Waals surface area (Å²) >= 11 is 0. The molecule has 0 fully saturated rings. The molecule has 0 radical (unpaired) electrons. The Kier molecular flexibility index (Phi) is 5.10. The lowest BCUT2D eigenvalue weighted by Crippen LogP contribution is -2.25. The Bertz CT molecular complexity index is 1060. The first-order valence-corrected chi connectivity index (χ1v) is 10.6. The minimum Gasteiger partial charge on any atom is -0.232 e. The van der Waals surface area contributed by atoms with E-state index < -0.39 is 7.05 Å². The quantitative estimate of drug-likeness (QED) is 0.500. The molecule has 0 spiro atoms. The minimum absolute atomic E-state index is 0.370. The van der Waals surface area contributed by atoms with Gasteiger partial charge in [0.2, 0.25) is 0 Å². The van der Waals surface area contributed by atoms with E-state index in [0.717, 1.165) is 15.9 Å². The van der Waals surface area contributed by atoms with Gasteiger partial charge in [-0.15, -0.1) is 5.10 Å². The van der Waals surface area contributed by atoms with E-state index >= 15 is 0 Å². The van der Waals surface area contributed by atoms with Crippen molar-refractivity contribution in [2.45, 2.75) is 0 Å². The summed E-state index contributed by atoms with van der Waals surface area (Å²) in [6.45, 7) is 0. The third-order valence-corrected chi connectivity index (χ3v) is 8.08. The summed E-state index contributed by atoms with van der Waals surface area (Å²) in [4.78, 5) is 0. The van der Waals surface area contributed by atoms with Crippen LogP contribution in [-0.4, -0.2) is 10.2 Å². The molecule has 134 valence electrons. The molecule has 4 nitrogen and oxygen atoms in total. The second kappa shape index (κ2) is 8.00. The van der Waals surface area contributed by atoms with Crippen molar-refractivity contribution >= 4 is 28.8 Å². The highest BCUT2D eigenvalue weighted by atomic mass is 31.2. The van der Waals surface area contributed by atoms with E-state index in [9.17, 15) is 5.26 Å². The summed E-state index contributed by atoms with van der Waals surface area (Å²) in [6.07, 6.45) is 1.52. The van der Waals surface area contributed by atoms with Crippen molar-refractivity contribution in [1.29, 1.82) is 5.26 Å². The molecule has 0 aliphatic rings. The summed E-state index contributed by atoms with van der Waals surface area (Å²) < 4.78 is 5.19. The van der Waals surface area contributed by atoms with E-state index in [-0.39, 0.29) is 0 Å². The fourth-order valence-electron chi connectivity index (χ4n) is 3.18. The predicted octanol–water partition coefficient (Wildman–Crippen LogP) is 4.16. The van der Waals surface area contributed by atoms with E-state index in [2.05, 4.69) is 52.7 Å². The van der Waals surface area contributed by atoms with Gasteiger partial charge in [-0.1, -0.05) is 91.0 Å². The smallest absolute Gasteiger partial charge is 0.192 e. The van der Waals surface area contributed by atoms with Crippen LogP contribution in [0.25, 0.3) is 0 Å². The van der Waals surface area contributed by atoms with E-state index in [1.807, 2.05) is 54.6 Å². The first-order chi connectivity index (χ1) is 13.8. The fourth-order valence-corrected chi connectivity index (χ4v) is 6.66. The summed E-state index contributed by atoms with van der Waals surface area (Å²) in [5.41, 5.74) is 0.419. The Labute approximate surface area is 164 Å². The zero-order valence-corrected chi connectivity index (χ0v) is 15.9. The van der Waals surface area contributed by atoms with Gasteiger partial charge in [0.25, 0.3) is 0 Å². The van der Waals surface area contributed by atoms with Gasteiger partial charge >= 0.3 is 0 Å². The van der Waals surface area contributed by atoms with Crippen molar-refractivity contribution in [3.8, 4) is 6.07 Å². The van der Waals surface area contributed by atoms with Crippen LogP contribution in [0, 0.1) is 11.3 Å². The van der Waals surface area contributed by atoms with E-state index in [1.54, 1.807) is 6.07 Å². The number of rotatable bonds is 4. The third kappa shape index (κ3) is 3.24. The highest BCUT2D eigenvalue weighted by Gasteiger charge is 2.28. The Hall–Kier alpha value is -3.54. The highest BCUT2D eigenvalue weighted by Crippen LogP contribution is 2.49. The first-order valence-electron chi connectivity index (χ1n) is 8.85.